The number of pyridine rings is 1. The van der Waals surface area contributed by atoms with Gasteiger partial charge in [0.05, 0.1) is 30.3 Å². The molecule has 6 nitrogen and oxygen atoms in total. The molecular weight excluding hydrogens is 206 g/mol. The van der Waals surface area contributed by atoms with Gasteiger partial charge in [-0.1, -0.05) is 0 Å². The van der Waals surface area contributed by atoms with E-state index in [4.69, 9.17) is 0 Å². The number of hydrogen-bond acceptors (Lipinski definition) is 4. The van der Waals surface area contributed by atoms with Crippen molar-refractivity contribution in [3.8, 4) is 11.4 Å². The number of hydrogen-bond donors (Lipinski definition) is 1. The van der Waals surface area contributed by atoms with Crippen molar-refractivity contribution in [1.82, 2.24) is 24.5 Å². The van der Waals surface area contributed by atoms with E-state index in [1.165, 1.54) is 6.20 Å². The van der Waals surface area contributed by atoms with Crippen LogP contribution in [0.25, 0.3) is 16.7 Å². The van der Waals surface area contributed by atoms with Crippen LogP contribution in [0.1, 0.15) is 0 Å². The number of aromatic hydroxyl groups is 1. The highest BCUT2D eigenvalue weighted by atomic mass is 16.3. The molecule has 0 saturated heterocycles. The molecule has 6 heteroatoms. The van der Waals surface area contributed by atoms with Crippen LogP contribution in [0.4, 0.5) is 0 Å². The van der Waals surface area contributed by atoms with Gasteiger partial charge in [0.1, 0.15) is 17.0 Å². The summed E-state index contributed by atoms with van der Waals surface area (Å²) in [6.07, 6.45) is 6.60. The summed E-state index contributed by atoms with van der Waals surface area (Å²) < 4.78 is 3.38. The quantitative estimate of drug-likeness (QED) is 0.653. The number of aromatic nitrogens is 5. The van der Waals surface area contributed by atoms with Crippen molar-refractivity contribution in [2.75, 3.05) is 0 Å². The Labute approximate surface area is 90.8 Å². The monoisotopic (exact) mass is 215 g/mol. The van der Waals surface area contributed by atoms with Crippen LogP contribution in [0.2, 0.25) is 0 Å². The lowest BCUT2D eigenvalue weighted by molar-refractivity contribution is 0.473. The minimum absolute atomic E-state index is 0.123. The molecule has 16 heavy (non-hydrogen) atoms. The molecule has 3 aromatic heterocycles. The molecule has 0 radical (unpaired) electrons. The lowest BCUT2D eigenvalue weighted by Gasteiger charge is -1.98. The lowest BCUT2D eigenvalue weighted by Crippen LogP contribution is -1.94. The van der Waals surface area contributed by atoms with Crippen LogP contribution in [0.5, 0.6) is 5.75 Å². The molecule has 0 fully saturated rings. The van der Waals surface area contributed by atoms with Crippen LogP contribution in [-0.2, 0) is 7.05 Å². The Morgan fingerprint density at radius 2 is 2.06 bits per heavy atom. The predicted molar refractivity (Wildman–Crippen MR) is 57.3 cm³/mol. The zero-order valence-corrected chi connectivity index (χ0v) is 8.57. The summed E-state index contributed by atoms with van der Waals surface area (Å²) >= 11 is 0. The van der Waals surface area contributed by atoms with Gasteiger partial charge in [0, 0.05) is 13.1 Å². The van der Waals surface area contributed by atoms with Gasteiger partial charge >= 0.3 is 0 Å². The number of fused-ring (bicyclic) bond motifs is 1. The minimum Gasteiger partial charge on any atom is -0.506 e. The van der Waals surface area contributed by atoms with Crippen molar-refractivity contribution >= 4 is 11.0 Å². The standard InChI is InChI=1S/C10H9N5O/c1-14-6-7(3-12-14)15-10-2-8(16)4-11-9(10)5-13-15/h2-6,16H,1H3. The van der Waals surface area contributed by atoms with Crippen LogP contribution < -0.4 is 0 Å². The predicted octanol–water partition coefficient (Wildman–Crippen LogP) is 0.860. The average molecular weight is 215 g/mol. The second-order valence-electron chi connectivity index (χ2n) is 3.53. The molecule has 0 saturated carbocycles. The highest BCUT2D eigenvalue weighted by Crippen LogP contribution is 2.19. The third-order valence-corrected chi connectivity index (χ3v) is 2.34. The van der Waals surface area contributed by atoms with Crippen molar-refractivity contribution in [3.63, 3.8) is 0 Å². The van der Waals surface area contributed by atoms with E-state index in [0.29, 0.717) is 0 Å². The molecule has 3 rings (SSSR count). The fraction of sp³-hybridized carbons (Fsp3) is 0.100. The van der Waals surface area contributed by atoms with E-state index in [0.717, 1.165) is 16.7 Å². The van der Waals surface area contributed by atoms with Crippen LogP contribution >= 0.6 is 0 Å². The molecule has 1 N–H and O–H groups in total. The SMILES string of the molecule is Cn1cc(-n2ncc3ncc(O)cc32)cn1. The fourth-order valence-corrected chi connectivity index (χ4v) is 1.62. The van der Waals surface area contributed by atoms with Gasteiger partial charge in [0.2, 0.25) is 0 Å². The molecular formula is C10H9N5O. The molecule has 0 unspecified atom stereocenters. The van der Waals surface area contributed by atoms with Gasteiger partial charge in [-0.15, -0.1) is 0 Å². The van der Waals surface area contributed by atoms with Gasteiger partial charge in [0.15, 0.2) is 0 Å². The average Bonchev–Trinajstić information content (AvgIpc) is 2.83. The normalized spacial score (nSPS) is 11.1. The maximum absolute atomic E-state index is 9.40. The number of aryl methyl sites for hydroxylation is 1. The van der Waals surface area contributed by atoms with E-state index in [2.05, 4.69) is 15.2 Å². The maximum Gasteiger partial charge on any atom is 0.136 e. The summed E-state index contributed by atoms with van der Waals surface area (Å²) in [6, 6.07) is 1.63. The van der Waals surface area contributed by atoms with E-state index < -0.39 is 0 Å². The summed E-state index contributed by atoms with van der Waals surface area (Å²) in [6.45, 7) is 0. The lowest BCUT2D eigenvalue weighted by atomic mass is 10.3. The van der Waals surface area contributed by atoms with Crippen LogP contribution in [0, 0.1) is 0 Å². The highest BCUT2D eigenvalue weighted by Gasteiger charge is 2.07. The summed E-state index contributed by atoms with van der Waals surface area (Å²) in [5, 5.41) is 17.7. The third-order valence-electron chi connectivity index (χ3n) is 2.34. The van der Waals surface area contributed by atoms with Crippen molar-refractivity contribution in [1.29, 1.82) is 0 Å². The van der Waals surface area contributed by atoms with Gasteiger partial charge in [-0.05, 0) is 0 Å². The van der Waals surface area contributed by atoms with Gasteiger partial charge in [0.25, 0.3) is 0 Å². The zero-order valence-electron chi connectivity index (χ0n) is 8.57. The fourth-order valence-electron chi connectivity index (χ4n) is 1.62. The molecule has 0 bridgehead atoms. The molecule has 0 aliphatic carbocycles. The zero-order chi connectivity index (χ0) is 11.1. The molecule has 3 heterocycles. The van der Waals surface area contributed by atoms with E-state index in [-0.39, 0.29) is 5.75 Å². The largest absolute Gasteiger partial charge is 0.506 e. The topological polar surface area (TPSA) is 68.8 Å². The van der Waals surface area contributed by atoms with Gasteiger partial charge in [-0.2, -0.15) is 10.2 Å². The Balaban J connectivity index is 2.27. The maximum atomic E-state index is 9.40. The van der Waals surface area contributed by atoms with Crippen LogP contribution in [0.3, 0.4) is 0 Å². The first-order valence-electron chi connectivity index (χ1n) is 4.76. The van der Waals surface area contributed by atoms with Crippen molar-refractivity contribution < 1.29 is 5.11 Å². The van der Waals surface area contributed by atoms with Crippen LogP contribution in [-0.4, -0.2) is 29.7 Å². The molecule has 3 aromatic rings. The molecule has 0 amide bonds. The van der Waals surface area contributed by atoms with E-state index in [1.54, 1.807) is 27.8 Å². The number of rotatable bonds is 1. The Bertz CT molecular complexity index is 654. The molecule has 80 valence electrons. The second kappa shape index (κ2) is 3.06. The van der Waals surface area contributed by atoms with E-state index in [1.807, 2.05) is 13.2 Å². The Morgan fingerprint density at radius 1 is 1.19 bits per heavy atom. The molecule has 0 atom stereocenters. The summed E-state index contributed by atoms with van der Waals surface area (Å²) in [7, 11) is 1.84. The first kappa shape index (κ1) is 8.90. The highest BCUT2D eigenvalue weighted by molar-refractivity contribution is 5.77. The van der Waals surface area contributed by atoms with E-state index in [9.17, 15) is 5.11 Å². The summed E-state index contributed by atoms with van der Waals surface area (Å²) in [5.74, 6) is 0.123. The van der Waals surface area contributed by atoms with Crippen LogP contribution in [0.15, 0.2) is 30.9 Å². The molecule has 0 aliphatic heterocycles. The van der Waals surface area contributed by atoms with E-state index >= 15 is 0 Å². The first-order chi connectivity index (χ1) is 7.74. The minimum atomic E-state index is 0.123. The summed E-state index contributed by atoms with van der Waals surface area (Å²) in [5.41, 5.74) is 2.33. The number of nitrogens with zero attached hydrogens (tertiary/aromatic N) is 5. The van der Waals surface area contributed by atoms with Crippen molar-refractivity contribution in [2.24, 2.45) is 7.05 Å². The van der Waals surface area contributed by atoms with Gasteiger partial charge in [-0.3, -0.25) is 4.68 Å². The van der Waals surface area contributed by atoms with Gasteiger partial charge < -0.3 is 5.11 Å². The van der Waals surface area contributed by atoms with Crippen molar-refractivity contribution in [3.05, 3.63) is 30.9 Å². The Hall–Kier alpha value is -2.37. The smallest absolute Gasteiger partial charge is 0.136 e. The summed E-state index contributed by atoms with van der Waals surface area (Å²) in [4.78, 5) is 4.07. The molecule has 0 aromatic carbocycles. The molecule has 0 aliphatic rings. The first-order valence-corrected chi connectivity index (χ1v) is 4.76. The van der Waals surface area contributed by atoms with Crippen molar-refractivity contribution in [2.45, 2.75) is 0 Å². The van der Waals surface area contributed by atoms with Gasteiger partial charge in [-0.25, -0.2) is 9.67 Å². The molecule has 0 spiro atoms. The Morgan fingerprint density at radius 3 is 2.81 bits per heavy atom. The second-order valence-corrected chi connectivity index (χ2v) is 3.53. The Kier molecular flexibility index (Phi) is 1.70. The third kappa shape index (κ3) is 1.23.